The maximum Gasteiger partial charge on any atom is 0.128 e. The molecule has 0 saturated carbocycles. The number of benzene rings is 2. The van der Waals surface area contributed by atoms with E-state index in [4.69, 9.17) is 28.5 Å². The zero-order chi connectivity index (χ0) is 13.8. The van der Waals surface area contributed by atoms with Crippen LogP contribution in [0.2, 0.25) is 10.0 Å². The molecule has 0 aromatic heterocycles. The van der Waals surface area contributed by atoms with Crippen LogP contribution < -0.4 is 5.32 Å². The summed E-state index contributed by atoms with van der Waals surface area (Å²) in [5.74, 6) is -0.355. The van der Waals surface area contributed by atoms with Gasteiger partial charge in [0.05, 0.1) is 21.7 Å². The summed E-state index contributed by atoms with van der Waals surface area (Å²) in [7, 11) is 0. The van der Waals surface area contributed by atoms with E-state index in [1.807, 2.05) is 6.07 Å². The average molecular weight is 295 g/mol. The van der Waals surface area contributed by atoms with Crippen molar-refractivity contribution in [3.8, 4) is 6.07 Å². The van der Waals surface area contributed by atoms with Gasteiger partial charge in [-0.05, 0) is 36.4 Å². The Hall–Kier alpha value is -1.76. The molecule has 0 bridgehead atoms. The molecule has 2 aromatic rings. The van der Waals surface area contributed by atoms with E-state index in [1.54, 1.807) is 18.2 Å². The molecule has 0 atom stereocenters. The van der Waals surface area contributed by atoms with Crippen LogP contribution in [0.4, 0.5) is 10.1 Å². The lowest BCUT2D eigenvalue weighted by molar-refractivity contribution is 0.612. The number of nitriles is 1. The number of nitrogens with zero attached hydrogens (tertiary/aromatic N) is 1. The Bertz CT molecular complexity index is 650. The first-order valence-corrected chi connectivity index (χ1v) is 6.23. The van der Waals surface area contributed by atoms with E-state index in [9.17, 15) is 4.39 Å². The SMILES string of the molecule is N#Cc1ccc(F)c(CNc2ccc(Cl)c(Cl)c2)c1. The Morgan fingerprint density at radius 1 is 1.11 bits per heavy atom. The van der Waals surface area contributed by atoms with Crippen molar-refractivity contribution in [2.24, 2.45) is 0 Å². The van der Waals surface area contributed by atoms with Crippen LogP contribution in [0.5, 0.6) is 0 Å². The third kappa shape index (κ3) is 3.37. The summed E-state index contributed by atoms with van der Waals surface area (Å²) in [4.78, 5) is 0. The van der Waals surface area contributed by atoms with Crippen molar-refractivity contribution in [2.45, 2.75) is 6.54 Å². The van der Waals surface area contributed by atoms with E-state index in [0.717, 1.165) is 5.69 Å². The molecule has 5 heteroatoms. The number of nitrogens with one attached hydrogen (secondary N) is 1. The van der Waals surface area contributed by atoms with Crippen LogP contribution in [0, 0.1) is 17.1 Å². The highest BCUT2D eigenvalue weighted by Gasteiger charge is 2.04. The van der Waals surface area contributed by atoms with Crippen molar-refractivity contribution in [2.75, 3.05) is 5.32 Å². The molecule has 96 valence electrons. The van der Waals surface area contributed by atoms with Crippen LogP contribution >= 0.6 is 23.2 Å². The van der Waals surface area contributed by atoms with E-state index < -0.39 is 0 Å². The fraction of sp³-hybridized carbons (Fsp3) is 0.0714. The van der Waals surface area contributed by atoms with Crippen molar-refractivity contribution >= 4 is 28.9 Å². The normalized spacial score (nSPS) is 10.0. The standard InChI is InChI=1S/C14H9Cl2FN2/c15-12-3-2-11(6-13(12)16)19-8-10-5-9(7-18)1-4-14(10)17/h1-6,19H,8H2. The van der Waals surface area contributed by atoms with E-state index >= 15 is 0 Å². The maximum atomic E-state index is 13.6. The van der Waals surface area contributed by atoms with E-state index in [-0.39, 0.29) is 12.4 Å². The van der Waals surface area contributed by atoms with Crippen LogP contribution in [0.25, 0.3) is 0 Å². The van der Waals surface area contributed by atoms with Gasteiger partial charge in [-0.1, -0.05) is 23.2 Å². The summed E-state index contributed by atoms with van der Waals surface area (Å²) in [5, 5.41) is 12.7. The van der Waals surface area contributed by atoms with Crippen LogP contribution in [0.1, 0.15) is 11.1 Å². The molecular weight excluding hydrogens is 286 g/mol. The molecule has 0 aliphatic heterocycles. The predicted molar refractivity (Wildman–Crippen MR) is 74.9 cm³/mol. The molecule has 1 N–H and O–H groups in total. The fourth-order valence-corrected chi connectivity index (χ4v) is 1.88. The van der Waals surface area contributed by atoms with Crippen molar-refractivity contribution in [3.63, 3.8) is 0 Å². The summed E-state index contributed by atoms with van der Waals surface area (Å²) in [5.41, 5.74) is 1.58. The van der Waals surface area contributed by atoms with Gasteiger partial charge in [0.2, 0.25) is 0 Å². The van der Waals surface area contributed by atoms with Gasteiger partial charge in [-0.25, -0.2) is 4.39 Å². The summed E-state index contributed by atoms with van der Waals surface area (Å²) in [6.45, 7) is 0.263. The Morgan fingerprint density at radius 3 is 2.58 bits per heavy atom. The minimum Gasteiger partial charge on any atom is -0.381 e. The van der Waals surface area contributed by atoms with Crippen LogP contribution in [0.3, 0.4) is 0 Å². The summed E-state index contributed by atoms with van der Waals surface area (Å²) in [6.07, 6.45) is 0. The topological polar surface area (TPSA) is 35.8 Å². The first-order chi connectivity index (χ1) is 9.10. The molecule has 0 spiro atoms. The maximum absolute atomic E-state index is 13.6. The fourth-order valence-electron chi connectivity index (χ4n) is 1.58. The highest BCUT2D eigenvalue weighted by atomic mass is 35.5. The third-order valence-electron chi connectivity index (χ3n) is 2.58. The number of anilines is 1. The molecule has 0 saturated heterocycles. The number of hydrogen-bond acceptors (Lipinski definition) is 2. The van der Waals surface area contributed by atoms with Gasteiger partial charge in [-0.3, -0.25) is 0 Å². The first-order valence-electron chi connectivity index (χ1n) is 5.47. The second kappa shape index (κ2) is 5.92. The van der Waals surface area contributed by atoms with Crippen LogP contribution in [0.15, 0.2) is 36.4 Å². The lowest BCUT2D eigenvalue weighted by Gasteiger charge is -2.08. The van der Waals surface area contributed by atoms with Crippen LogP contribution in [-0.4, -0.2) is 0 Å². The molecule has 2 rings (SSSR count). The smallest absolute Gasteiger partial charge is 0.128 e. The van der Waals surface area contributed by atoms with Gasteiger partial charge >= 0.3 is 0 Å². The van der Waals surface area contributed by atoms with Gasteiger partial charge in [-0.15, -0.1) is 0 Å². The number of hydrogen-bond donors (Lipinski definition) is 1. The second-order valence-corrected chi connectivity index (χ2v) is 4.71. The second-order valence-electron chi connectivity index (χ2n) is 3.90. The molecule has 2 aromatic carbocycles. The molecule has 0 amide bonds. The Balaban J connectivity index is 2.14. The largest absolute Gasteiger partial charge is 0.381 e. The monoisotopic (exact) mass is 294 g/mol. The van der Waals surface area contributed by atoms with Crippen molar-refractivity contribution in [1.29, 1.82) is 5.26 Å². The van der Waals surface area contributed by atoms with Crippen LogP contribution in [-0.2, 0) is 6.54 Å². The molecule has 0 aliphatic rings. The van der Waals surface area contributed by atoms with Gasteiger partial charge in [0.1, 0.15) is 5.82 Å². The van der Waals surface area contributed by atoms with Gasteiger partial charge in [0.15, 0.2) is 0 Å². The van der Waals surface area contributed by atoms with E-state index in [2.05, 4.69) is 5.32 Å². The quantitative estimate of drug-likeness (QED) is 0.897. The Morgan fingerprint density at radius 2 is 1.89 bits per heavy atom. The minimum absolute atomic E-state index is 0.263. The zero-order valence-corrected chi connectivity index (χ0v) is 11.3. The van der Waals surface area contributed by atoms with Gasteiger partial charge in [-0.2, -0.15) is 5.26 Å². The average Bonchev–Trinajstić information content (AvgIpc) is 2.41. The molecule has 0 fully saturated rings. The predicted octanol–water partition coefficient (Wildman–Crippen LogP) is 4.62. The van der Waals surface area contributed by atoms with Gasteiger partial charge in [0.25, 0.3) is 0 Å². The summed E-state index contributed by atoms with van der Waals surface area (Å²) >= 11 is 11.7. The molecule has 0 heterocycles. The highest BCUT2D eigenvalue weighted by Crippen LogP contribution is 2.25. The molecule has 0 aliphatic carbocycles. The Kier molecular flexibility index (Phi) is 4.26. The first kappa shape index (κ1) is 13.7. The lowest BCUT2D eigenvalue weighted by Crippen LogP contribution is -2.02. The Labute approximate surface area is 120 Å². The van der Waals surface area contributed by atoms with E-state index in [1.165, 1.54) is 18.2 Å². The molecule has 2 nitrogen and oxygen atoms in total. The van der Waals surface area contributed by atoms with Gasteiger partial charge in [0, 0.05) is 17.8 Å². The van der Waals surface area contributed by atoms with Gasteiger partial charge < -0.3 is 5.32 Å². The number of halogens is 3. The molecule has 0 unspecified atom stereocenters. The van der Waals surface area contributed by atoms with E-state index in [0.29, 0.717) is 21.2 Å². The number of rotatable bonds is 3. The molecule has 19 heavy (non-hydrogen) atoms. The summed E-state index contributed by atoms with van der Waals surface area (Å²) < 4.78 is 13.6. The van der Waals surface area contributed by atoms with Crippen molar-refractivity contribution < 1.29 is 4.39 Å². The van der Waals surface area contributed by atoms with Crippen molar-refractivity contribution in [3.05, 3.63) is 63.4 Å². The minimum atomic E-state index is -0.355. The molecule has 0 radical (unpaired) electrons. The van der Waals surface area contributed by atoms with Crippen molar-refractivity contribution in [1.82, 2.24) is 0 Å². The lowest BCUT2D eigenvalue weighted by atomic mass is 10.1. The third-order valence-corrected chi connectivity index (χ3v) is 3.32. The summed E-state index contributed by atoms with van der Waals surface area (Å²) in [6, 6.07) is 11.3. The molecular formula is C14H9Cl2FN2. The highest BCUT2D eigenvalue weighted by molar-refractivity contribution is 6.42. The zero-order valence-electron chi connectivity index (χ0n) is 9.75.